The third-order valence-corrected chi connectivity index (χ3v) is 4.77. The number of unbranched alkanes of at least 4 members (excludes halogenated alkanes) is 1. The Morgan fingerprint density at radius 1 is 0.611 bits per heavy atom. The average Bonchev–Trinajstić information content (AvgIpc) is 3.05. The normalized spacial score (nSPS) is 22.0. The van der Waals surface area contributed by atoms with Gasteiger partial charge in [-0.1, -0.05) is 25.7 Å². The summed E-state index contributed by atoms with van der Waals surface area (Å²) in [6, 6.07) is 0. The quantitative estimate of drug-likeness (QED) is 0.615. The lowest BCUT2D eigenvalue weighted by Crippen LogP contribution is -2.25. The molecule has 18 heavy (non-hydrogen) atoms. The van der Waals surface area contributed by atoms with Gasteiger partial charge in [-0.25, -0.2) is 0 Å². The monoisotopic (exact) mass is 252 g/mol. The van der Waals surface area contributed by atoms with Gasteiger partial charge < -0.3 is 10.6 Å². The third-order valence-electron chi connectivity index (χ3n) is 4.77. The molecule has 2 saturated carbocycles. The van der Waals surface area contributed by atoms with Crippen molar-refractivity contribution in [2.45, 2.75) is 64.2 Å². The Balaban J connectivity index is 1.31. The predicted molar refractivity (Wildman–Crippen MR) is 78.9 cm³/mol. The molecule has 0 radical (unpaired) electrons. The van der Waals surface area contributed by atoms with Crippen molar-refractivity contribution >= 4 is 0 Å². The highest BCUT2D eigenvalue weighted by molar-refractivity contribution is 4.70. The Kier molecular flexibility index (Phi) is 7.11. The number of rotatable bonds is 9. The second kappa shape index (κ2) is 8.92. The second-order valence-corrected chi connectivity index (χ2v) is 6.42. The van der Waals surface area contributed by atoms with Gasteiger partial charge in [-0.05, 0) is 76.5 Å². The van der Waals surface area contributed by atoms with Gasteiger partial charge in [-0.15, -0.1) is 0 Å². The molecule has 2 nitrogen and oxygen atoms in total. The summed E-state index contributed by atoms with van der Waals surface area (Å²) in [4.78, 5) is 0. The Morgan fingerprint density at radius 3 is 1.39 bits per heavy atom. The lowest BCUT2D eigenvalue weighted by atomic mass is 10.1. The molecule has 0 unspecified atom stereocenters. The van der Waals surface area contributed by atoms with E-state index in [0.717, 1.165) is 11.8 Å². The molecule has 2 rings (SSSR count). The maximum atomic E-state index is 3.63. The molecule has 0 aliphatic heterocycles. The first kappa shape index (κ1) is 14.3. The molecule has 2 fully saturated rings. The summed E-state index contributed by atoms with van der Waals surface area (Å²) in [5.74, 6) is 1.98. The van der Waals surface area contributed by atoms with Gasteiger partial charge >= 0.3 is 0 Å². The SMILES string of the molecule is C(CCNCC1CCCC1)CNCC1CCCC1. The van der Waals surface area contributed by atoms with Crippen LogP contribution in [0.3, 0.4) is 0 Å². The first-order chi connectivity index (χ1) is 8.95. The largest absolute Gasteiger partial charge is 0.316 e. The molecule has 2 N–H and O–H groups in total. The molecule has 2 aliphatic rings. The van der Waals surface area contributed by atoms with Crippen LogP contribution >= 0.6 is 0 Å². The van der Waals surface area contributed by atoms with E-state index < -0.39 is 0 Å². The van der Waals surface area contributed by atoms with E-state index in [4.69, 9.17) is 0 Å². The van der Waals surface area contributed by atoms with Gasteiger partial charge in [0, 0.05) is 0 Å². The molecule has 0 bridgehead atoms. The van der Waals surface area contributed by atoms with Gasteiger partial charge in [0.15, 0.2) is 0 Å². The number of nitrogens with one attached hydrogen (secondary N) is 2. The maximum absolute atomic E-state index is 3.63. The molecular formula is C16H32N2. The van der Waals surface area contributed by atoms with Crippen LogP contribution in [-0.2, 0) is 0 Å². The fourth-order valence-electron chi connectivity index (χ4n) is 3.54. The Hall–Kier alpha value is -0.0800. The van der Waals surface area contributed by atoms with E-state index in [9.17, 15) is 0 Å². The van der Waals surface area contributed by atoms with Crippen LogP contribution < -0.4 is 10.6 Å². The Morgan fingerprint density at radius 2 is 1.00 bits per heavy atom. The topological polar surface area (TPSA) is 24.1 Å². The molecule has 0 atom stereocenters. The molecular weight excluding hydrogens is 220 g/mol. The average molecular weight is 252 g/mol. The fourth-order valence-corrected chi connectivity index (χ4v) is 3.54. The summed E-state index contributed by atoms with van der Waals surface area (Å²) >= 11 is 0. The molecule has 0 saturated heterocycles. The van der Waals surface area contributed by atoms with E-state index in [2.05, 4.69) is 10.6 Å². The summed E-state index contributed by atoms with van der Waals surface area (Å²) in [5.41, 5.74) is 0. The number of hydrogen-bond donors (Lipinski definition) is 2. The molecule has 2 aliphatic carbocycles. The van der Waals surface area contributed by atoms with Gasteiger partial charge in [0.25, 0.3) is 0 Å². The highest BCUT2D eigenvalue weighted by Gasteiger charge is 2.14. The predicted octanol–water partition coefficient (Wildman–Crippen LogP) is 3.33. The molecule has 0 spiro atoms. The van der Waals surface area contributed by atoms with Gasteiger partial charge in [0.1, 0.15) is 0 Å². The molecule has 0 heterocycles. The van der Waals surface area contributed by atoms with Crippen LogP contribution in [0.4, 0.5) is 0 Å². The van der Waals surface area contributed by atoms with Crippen LogP contribution in [0, 0.1) is 11.8 Å². The van der Waals surface area contributed by atoms with Crippen LogP contribution in [0.2, 0.25) is 0 Å². The van der Waals surface area contributed by atoms with E-state index in [0.29, 0.717) is 0 Å². The molecule has 0 aromatic heterocycles. The van der Waals surface area contributed by atoms with E-state index in [-0.39, 0.29) is 0 Å². The fraction of sp³-hybridized carbons (Fsp3) is 1.00. The van der Waals surface area contributed by atoms with E-state index >= 15 is 0 Å². The lowest BCUT2D eigenvalue weighted by Gasteiger charge is -2.12. The van der Waals surface area contributed by atoms with Crippen LogP contribution in [0.1, 0.15) is 64.2 Å². The van der Waals surface area contributed by atoms with Crippen LogP contribution in [-0.4, -0.2) is 26.2 Å². The highest BCUT2D eigenvalue weighted by atomic mass is 14.9. The summed E-state index contributed by atoms with van der Waals surface area (Å²) in [6.07, 6.45) is 14.4. The van der Waals surface area contributed by atoms with Gasteiger partial charge in [0.2, 0.25) is 0 Å². The summed E-state index contributed by atoms with van der Waals surface area (Å²) in [6.45, 7) is 4.99. The van der Waals surface area contributed by atoms with E-state index in [1.807, 2.05) is 0 Å². The maximum Gasteiger partial charge on any atom is -0.00205 e. The zero-order valence-corrected chi connectivity index (χ0v) is 12.1. The zero-order chi connectivity index (χ0) is 12.5. The molecule has 0 amide bonds. The Bertz CT molecular complexity index is 171. The second-order valence-electron chi connectivity index (χ2n) is 6.42. The van der Waals surface area contributed by atoms with E-state index in [1.165, 1.54) is 90.4 Å². The third kappa shape index (κ3) is 5.71. The van der Waals surface area contributed by atoms with Gasteiger partial charge in [0.05, 0.1) is 0 Å². The van der Waals surface area contributed by atoms with Crippen LogP contribution in [0.15, 0.2) is 0 Å². The Labute approximate surface area is 113 Å². The number of hydrogen-bond acceptors (Lipinski definition) is 2. The smallest absolute Gasteiger partial charge is 0.00205 e. The van der Waals surface area contributed by atoms with Gasteiger partial charge in [-0.3, -0.25) is 0 Å². The minimum absolute atomic E-state index is 0.991. The van der Waals surface area contributed by atoms with Crippen molar-refractivity contribution in [3.63, 3.8) is 0 Å². The summed E-state index contributed by atoms with van der Waals surface area (Å²) in [7, 11) is 0. The van der Waals surface area contributed by atoms with Crippen molar-refractivity contribution in [2.24, 2.45) is 11.8 Å². The minimum atomic E-state index is 0.991. The zero-order valence-electron chi connectivity index (χ0n) is 12.1. The van der Waals surface area contributed by atoms with Crippen molar-refractivity contribution in [2.75, 3.05) is 26.2 Å². The standard InChI is InChI=1S/C16H32N2/c1-2-8-15(7-1)13-17-11-5-6-12-18-14-16-9-3-4-10-16/h15-18H,1-14H2. The summed E-state index contributed by atoms with van der Waals surface area (Å²) < 4.78 is 0. The summed E-state index contributed by atoms with van der Waals surface area (Å²) in [5, 5.41) is 7.26. The highest BCUT2D eigenvalue weighted by Crippen LogP contribution is 2.24. The molecule has 106 valence electrons. The van der Waals surface area contributed by atoms with Crippen LogP contribution in [0.5, 0.6) is 0 Å². The van der Waals surface area contributed by atoms with Gasteiger partial charge in [-0.2, -0.15) is 0 Å². The minimum Gasteiger partial charge on any atom is -0.316 e. The molecule has 2 heteroatoms. The van der Waals surface area contributed by atoms with Crippen molar-refractivity contribution in [3.8, 4) is 0 Å². The molecule has 0 aromatic rings. The van der Waals surface area contributed by atoms with E-state index in [1.54, 1.807) is 0 Å². The van der Waals surface area contributed by atoms with Crippen molar-refractivity contribution in [1.29, 1.82) is 0 Å². The first-order valence-corrected chi connectivity index (χ1v) is 8.36. The van der Waals surface area contributed by atoms with Crippen LogP contribution in [0.25, 0.3) is 0 Å². The van der Waals surface area contributed by atoms with Crippen molar-refractivity contribution < 1.29 is 0 Å². The lowest BCUT2D eigenvalue weighted by molar-refractivity contribution is 0.464. The first-order valence-electron chi connectivity index (χ1n) is 8.36. The molecule has 0 aromatic carbocycles. The van der Waals surface area contributed by atoms with Crippen molar-refractivity contribution in [1.82, 2.24) is 10.6 Å². The van der Waals surface area contributed by atoms with Crippen molar-refractivity contribution in [3.05, 3.63) is 0 Å².